The van der Waals surface area contributed by atoms with Gasteiger partial charge in [-0.05, 0) is 25.5 Å². The van der Waals surface area contributed by atoms with Gasteiger partial charge in [0, 0.05) is 24.5 Å². The van der Waals surface area contributed by atoms with E-state index in [0.29, 0.717) is 0 Å². The third-order valence-electron chi connectivity index (χ3n) is 3.30. The van der Waals surface area contributed by atoms with E-state index >= 15 is 0 Å². The van der Waals surface area contributed by atoms with Crippen molar-refractivity contribution < 1.29 is 0 Å². The molecule has 3 aromatic rings. The molecule has 0 saturated carbocycles. The first-order valence-electron chi connectivity index (χ1n) is 6.49. The Labute approximate surface area is 126 Å². The van der Waals surface area contributed by atoms with Crippen LogP contribution < -0.4 is 0 Å². The smallest absolute Gasteiger partial charge is 0.160 e. The van der Waals surface area contributed by atoms with Gasteiger partial charge < -0.3 is 4.57 Å². The third-order valence-corrected chi connectivity index (χ3v) is 4.13. The van der Waals surface area contributed by atoms with Crippen LogP contribution in [0.3, 0.4) is 0 Å². The Hall–Kier alpha value is -1.46. The average Bonchev–Trinajstić information content (AvgIpc) is 3.03. The quantitative estimate of drug-likeness (QED) is 0.690. The maximum Gasteiger partial charge on any atom is 0.160 e. The van der Waals surface area contributed by atoms with Crippen molar-refractivity contribution in [3.05, 3.63) is 40.2 Å². The number of halogens is 1. The molecule has 0 aliphatic heterocycles. The summed E-state index contributed by atoms with van der Waals surface area (Å²) in [5.74, 6) is 0.874. The van der Waals surface area contributed by atoms with Crippen LogP contribution in [0.5, 0.6) is 0 Å². The normalized spacial score (nSPS) is 12.9. The van der Waals surface area contributed by atoms with E-state index in [-0.39, 0.29) is 5.38 Å². The summed E-state index contributed by atoms with van der Waals surface area (Å²) in [4.78, 5) is 13.5. The van der Waals surface area contributed by atoms with Crippen LogP contribution in [0.4, 0.5) is 0 Å². The minimum atomic E-state index is -0.140. The highest BCUT2D eigenvalue weighted by Gasteiger charge is 2.17. The van der Waals surface area contributed by atoms with Crippen LogP contribution in [0.1, 0.15) is 29.4 Å². The van der Waals surface area contributed by atoms with Gasteiger partial charge in [-0.2, -0.15) is 0 Å². The van der Waals surface area contributed by atoms with Gasteiger partial charge in [-0.1, -0.05) is 0 Å². The van der Waals surface area contributed by atoms with E-state index in [9.17, 15) is 0 Å². The summed E-state index contributed by atoms with van der Waals surface area (Å²) in [6.07, 6.45) is 2.68. The Morgan fingerprint density at radius 2 is 2.25 bits per heavy atom. The maximum atomic E-state index is 6.27. The average molecular weight is 307 g/mol. The van der Waals surface area contributed by atoms with E-state index in [1.165, 1.54) is 0 Å². The fraction of sp³-hybridized carbons (Fsp3) is 0.357. The topological polar surface area (TPSA) is 43.6 Å². The van der Waals surface area contributed by atoms with Crippen molar-refractivity contribution >= 4 is 34.1 Å². The minimum absolute atomic E-state index is 0.140. The monoisotopic (exact) mass is 306 g/mol. The highest BCUT2D eigenvalue weighted by molar-refractivity contribution is 7.07. The molecule has 0 aliphatic carbocycles. The number of aryl methyl sites for hydroxylation is 3. The number of aromatic nitrogens is 4. The zero-order valence-corrected chi connectivity index (χ0v) is 12.9. The van der Waals surface area contributed by atoms with Crippen LogP contribution in [0, 0.1) is 6.92 Å². The molecule has 6 heteroatoms. The van der Waals surface area contributed by atoms with Gasteiger partial charge in [0.1, 0.15) is 11.3 Å². The molecule has 3 rings (SSSR count). The molecule has 1 atom stereocenters. The molecule has 0 radical (unpaired) electrons. The summed E-state index contributed by atoms with van der Waals surface area (Å²) in [5.41, 5.74) is 5.92. The molecule has 0 saturated heterocycles. The van der Waals surface area contributed by atoms with E-state index in [4.69, 9.17) is 11.6 Å². The molecular weight excluding hydrogens is 292 g/mol. The molecule has 0 aliphatic rings. The molecule has 3 aromatic heterocycles. The van der Waals surface area contributed by atoms with Crippen molar-refractivity contribution in [3.8, 4) is 0 Å². The van der Waals surface area contributed by atoms with E-state index in [1.54, 1.807) is 11.3 Å². The number of imidazole rings is 1. The fourth-order valence-electron chi connectivity index (χ4n) is 2.27. The number of rotatable bonds is 4. The standard InChI is InChI=1S/C14H15ClN4S/c1-9-3-5-16-14-12(9)18-13(10(2)15)19(14)6-4-11-7-20-8-17-11/h3,5,7-8,10H,4,6H2,1-2H3. The van der Waals surface area contributed by atoms with Gasteiger partial charge >= 0.3 is 0 Å². The lowest BCUT2D eigenvalue weighted by atomic mass is 10.3. The predicted octanol–water partition coefficient (Wildman–Crippen LogP) is 3.74. The van der Waals surface area contributed by atoms with Gasteiger partial charge in [-0.15, -0.1) is 22.9 Å². The number of hydrogen-bond donors (Lipinski definition) is 0. The Morgan fingerprint density at radius 3 is 2.95 bits per heavy atom. The van der Waals surface area contributed by atoms with Crippen LogP contribution in [0.2, 0.25) is 0 Å². The first-order valence-corrected chi connectivity index (χ1v) is 7.87. The molecule has 0 N–H and O–H groups in total. The first kappa shape index (κ1) is 13.5. The Kier molecular flexibility index (Phi) is 3.72. The SMILES string of the molecule is Cc1ccnc2c1nc(C(C)Cl)n2CCc1cscn1. The lowest BCUT2D eigenvalue weighted by molar-refractivity contribution is 0.657. The van der Waals surface area contributed by atoms with Crippen LogP contribution in [-0.2, 0) is 13.0 Å². The van der Waals surface area contributed by atoms with Crippen LogP contribution >= 0.6 is 22.9 Å². The molecule has 1 unspecified atom stereocenters. The highest BCUT2D eigenvalue weighted by atomic mass is 35.5. The van der Waals surface area contributed by atoms with Gasteiger partial charge in [0.15, 0.2) is 5.65 Å². The van der Waals surface area contributed by atoms with Crippen LogP contribution in [-0.4, -0.2) is 19.5 Å². The summed E-state index contributed by atoms with van der Waals surface area (Å²) >= 11 is 7.88. The number of fused-ring (bicyclic) bond motifs is 1. The summed E-state index contributed by atoms with van der Waals surface area (Å²) in [6.45, 7) is 4.78. The fourth-order valence-corrected chi connectivity index (χ4v) is 3.03. The van der Waals surface area contributed by atoms with Crippen molar-refractivity contribution in [2.45, 2.75) is 32.2 Å². The van der Waals surface area contributed by atoms with Crippen molar-refractivity contribution in [3.63, 3.8) is 0 Å². The molecule has 3 heterocycles. The summed E-state index contributed by atoms with van der Waals surface area (Å²) in [7, 11) is 0. The Balaban J connectivity index is 2.02. The van der Waals surface area contributed by atoms with Crippen molar-refractivity contribution in [2.24, 2.45) is 0 Å². The molecule has 0 fully saturated rings. The second kappa shape index (κ2) is 5.50. The molecule has 0 spiro atoms. The molecular formula is C14H15ClN4S. The van der Waals surface area contributed by atoms with Gasteiger partial charge in [0.05, 0.1) is 16.6 Å². The summed E-state index contributed by atoms with van der Waals surface area (Å²) in [5, 5.41) is 1.93. The molecule has 0 bridgehead atoms. The van der Waals surface area contributed by atoms with Crippen LogP contribution in [0.15, 0.2) is 23.2 Å². The largest absolute Gasteiger partial charge is 0.311 e. The Morgan fingerprint density at radius 1 is 1.40 bits per heavy atom. The molecule has 0 aromatic carbocycles. The lowest BCUT2D eigenvalue weighted by Gasteiger charge is -2.08. The van der Waals surface area contributed by atoms with E-state index < -0.39 is 0 Å². The molecule has 104 valence electrons. The maximum absolute atomic E-state index is 6.27. The zero-order chi connectivity index (χ0) is 14.1. The number of thiazole rings is 1. The Bertz CT molecular complexity index is 718. The highest BCUT2D eigenvalue weighted by Crippen LogP contribution is 2.25. The number of nitrogens with zero attached hydrogens (tertiary/aromatic N) is 4. The van der Waals surface area contributed by atoms with E-state index in [0.717, 1.165) is 41.2 Å². The van der Waals surface area contributed by atoms with Crippen molar-refractivity contribution in [1.29, 1.82) is 0 Å². The second-order valence-electron chi connectivity index (χ2n) is 4.77. The number of hydrogen-bond acceptors (Lipinski definition) is 4. The molecule has 4 nitrogen and oxygen atoms in total. The van der Waals surface area contributed by atoms with Gasteiger partial charge in [0.2, 0.25) is 0 Å². The summed E-state index contributed by atoms with van der Waals surface area (Å²) in [6, 6.07) is 1.97. The van der Waals surface area contributed by atoms with Gasteiger partial charge in [-0.25, -0.2) is 15.0 Å². The minimum Gasteiger partial charge on any atom is -0.311 e. The zero-order valence-electron chi connectivity index (χ0n) is 11.4. The third kappa shape index (κ3) is 2.43. The van der Waals surface area contributed by atoms with Crippen molar-refractivity contribution in [1.82, 2.24) is 19.5 Å². The van der Waals surface area contributed by atoms with Gasteiger partial charge in [-0.3, -0.25) is 0 Å². The second-order valence-corrected chi connectivity index (χ2v) is 6.14. The number of alkyl halides is 1. The number of pyridine rings is 1. The molecule has 20 heavy (non-hydrogen) atoms. The van der Waals surface area contributed by atoms with Gasteiger partial charge in [0.25, 0.3) is 0 Å². The van der Waals surface area contributed by atoms with E-state index in [2.05, 4.69) is 24.9 Å². The van der Waals surface area contributed by atoms with E-state index in [1.807, 2.05) is 31.6 Å². The van der Waals surface area contributed by atoms with Crippen molar-refractivity contribution in [2.75, 3.05) is 0 Å². The predicted molar refractivity (Wildman–Crippen MR) is 82.4 cm³/mol. The first-order chi connectivity index (χ1) is 9.66. The molecule has 0 amide bonds. The van der Waals surface area contributed by atoms with Crippen LogP contribution in [0.25, 0.3) is 11.2 Å². The lowest BCUT2D eigenvalue weighted by Crippen LogP contribution is -2.07. The summed E-state index contributed by atoms with van der Waals surface area (Å²) < 4.78 is 2.11.